The number of rotatable bonds is 3. The minimum absolute atomic E-state index is 0.705. The molecule has 1 N–H and O–H groups in total. The van der Waals surface area contributed by atoms with E-state index in [1.165, 1.54) is 6.33 Å². The van der Waals surface area contributed by atoms with Gasteiger partial charge >= 0.3 is 0 Å². The summed E-state index contributed by atoms with van der Waals surface area (Å²) in [6.45, 7) is 2.01. The molecule has 0 aliphatic heterocycles. The fourth-order valence-corrected chi connectivity index (χ4v) is 3.71. The zero-order valence-corrected chi connectivity index (χ0v) is 14.6. The first kappa shape index (κ1) is 14.9. The van der Waals surface area contributed by atoms with Crippen molar-refractivity contribution in [2.75, 3.05) is 5.32 Å². The smallest absolute Gasteiger partial charge is 0.170 e. The molecule has 0 unspecified atom stereocenters. The number of aryl methyl sites for hydroxylation is 1. The molecule has 0 bridgehead atoms. The van der Waals surface area contributed by atoms with Gasteiger partial charge in [-0.3, -0.25) is 0 Å². The summed E-state index contributed by atoms with van der Waals surface area (Å²) in [6, 6.07) is 11.8. The van der Waals surface area contributed by atoms with Crippen LogP contribution in [0.25, 0.3) is 27.1 Å². The molecule has 8 heteroatoms. The number of pyridine rings is 1. The van der Waals surface area contributed by atoms with Crippen LogP contribution in [0.2, 0.25) is 0 Å². The molecule has 0 radical (unpaired) electrons. The molecule has 0 saturated carbocycles. The first-order chi connectivity index (χ1) is 12.8. The summed E-state index contributed by atoms with van der Waals surface area (Å²) in [5, 5.41) is 9.68. The van der Waals surface area contributed by atoms with Crippen LogP contribution in [-0.4, -0.2) is 29.7 Å². The molecule has 0 spiro atoms. The Kier molecular flexibility index (Phi) is 3.36. The number of thiazole rings is 1. The van der Waals surface area contributed by atoms with Crippen molar-refractivity contribution in [1.29, 1.82) is 0 Å². The summed E-state index contributed by atoms with van der Waals surface area (Å²) < 4.78 is 2.85. The third-order valence-corrected chi connectivity index (χ3v) is 4.92. The molecule has 0 fully saturated rings. The van der Waals surface area contributed by atoms with Crippen molar-refractivity contribution in [2.24, 2.45) is 0 Å². The standard InChI is InChI=1S/C18H13N7S/c1-11-23-14-6-5-12(8-15(14)26-11)24-17-13-9-22-25(18(13)21-10-20-17)16-4-2-3-7-19-16/h2-10H,1H3,(H,20,21,24). The largest absolute Gasteiger partial charge is 0.339 e. The van der Waals surface area contributed by atoms with Gasteiger partial charge in [-0.25, -0.2) is 19.9 Å². The van der Waals surface area contributed by atoms with Crippen molar-refractivity contribution in [2.45, 2.75) is 6.92 Å². The lowest BCUT2D eigenvalue weighted by molar-refractivity contribution is 0.861. The number of anilines is 2. The maximum absolute atomic E-state index is 4.49. The van der Waals surface area contributed by atoms with E-state index in [2.05, 4.69) is 36.4 Å². The maximum atomic E-state index is 4.49. The number of nitrogens with one attached hydrogen (secondary N) is 1. The Labute approximate surface area is 152 Å². The molecule has 4 aromatic heterocycles. The Morgan fingerprint density at radius 3 is 2.92 bits per heavy atom. The van der Waals surface area contributed by atoms with Crippen LogP contribution in [0.3, 0.4) is 0 Å². The van der Waals surface area contributed by atoms with Crippen molar-refractivity contribution in [3.63, 3.8) is 0 Å². The third kappa shape index (κ3) is 2.47. The minimum Gasteiger partial charge on any atom is -0.339 e. The Balaban J connectivity index is 1.57. The zero-order valence-electron chi connectivity index (χ0n) is 13.8. The molecule has 7 nitrogen and oxygen atoms in total. The summed E-state index contributed by atoms with van der Waals surface area (Å²) in [6.07, 6.45) is 5.01. The number of nitrogens with zero attached hydrogens (tertiary/aromatic N) is 6. The van der Waals surface area contributed by atoms with Crippen molar-refractivity contribution in [3.05, 3.63) is 60.1 Å². The third-order valence-electron chi connectivity index (χ3n) is 3.99. The van der Waals surface area contributed by atoms with E-state index in [0.29, 0.717) is 17.3 Å². The second-order valence-electron chi connectivity index (χ2n) is 5.74. The minimum atomic E-state index is 0.705. The average molecular weight is 359 g/mol. The second kappa shape index (κ2) is 5.85. The fourth-order valence-electron chi connectivity index (χ4n) is 2.84. The van der Waals surface area contributed by atoms with Gasteiger partial charge in [-0.2, -0.15) is 9.78 Å². The molecule has 126 valence electrons. The number of benzene rings is 1. The van der Waals surface area contributed by atoms with E-state index in [1.54, 1.807) is 28.4 Å². The lowest BCUT2D eigenvalue weighted by Crippen LogP contribution is -2.01. The highest BCUT2D eigenvalue weighted by Gasteiger charge is 2.12. The molecule has 0 aliphatic carbocycles. The molecule has 0 amide bonds. The summed E-state index contributed by atoms with van der Waals surface area (Å²) in [4.78, 5) is 17.6. The molecule has 5 rings (SSSR count). The Hall–Kier alpha value is -3.39. The van der Waals surface area contributed by atoms with E-state index in [4.69, 9.17) is 0 Å². The Morgan fingerprint density at radius 1 is 1.08 bits per heavy atom. The van der Waals surface area contributed by atoms with Crippen LogP contribution in [0.5, 0.6) is 0 Å². The Morgan fingerprint density at radius 2 is 2.04 bits per heavy atom. The summed E-state index contributed by atoms with van der Waals surface area (Å²) >= 11 is 1.67. The second-order valence-corrected chi connectivity index (χ2v) is 6.98. The molecular weight excluding hydrogens is 346 g/mol. The molecule has 26 heavy (non-hydrogen) atoms. The normalized spacial score (nSPS) is 11.3. The topological polar surface area (TPSA) is 81.4 Å². The van der Waals surface area contributed by atoms with E-state index in [-0.39, 0.29) is 0 Å². The quantitative estimate of drug-likeness (QED) is 0.527. The van der Waals surface area contributed by atoms with Crippen LogP contribution in [0.1, 0.15) is 5.01 Å². The fraction of sp³-hybridized carbons (Fsp3) is 0.0556. The van der Waals surface area contributed by atoms with Crippen LogP contribution in [0.4, 0.5) is 11.5 Å². The Bertz CT molecular complexity index is 1230. The lowest BCUT2D eigenvalue weighted by Gasteiger charge is -2.06. The average Bonchev–Trinajstić information content (AvgIpc) is 3.25. The van der Waals surface area contributed by atoms with E-state index in [1.807, 2.05) is 37.3 Å². The summed E-state index contributed by atoms with van der Waals surface area (Å²) in [5.41, 5.74) is 2.66. The first-order valence-electron chi connectivity index (χ1n) is 8.02. The molecule has 0 aliphatic rings. The zero-order chi connectivity index (χ0) is 17.5. The molecule has 0 atom stereocenters. The van der Waals surface area contributed by atoms with Crippen molar-refractivity contribution < 1.29 is 0 Å². The van der Waals surface area contributed by atoms with Crippen LogP contribution in [0.15, 0.2) is 55.1 Å². The number of fused-ring (bicyclic) bond motifs is 2. The van der Waals surface area contributed by atoms with Crippen LogP contribution in [0, 0.1) is 6.92 Å². The SMILES string of the molecule is Cc1nc2ccc(Nc3ncnc4c3cnn4-c3ccccn3)cc2s1. The molecule has 0 saturated heterocycles. The van der Waals surface area contributed by atoms with Crippen molar-refractivity contribution >= 4 is 44.1 Å². The number of hydrogen-bond donors (Lipinski definition) is 1. The predicted octanol–water partition coefficient (Wildman–Crippen LogP) is 3.87. The van der Waals surface area contributed by atoms with Gasteiger partial charge in [-0.1, -0.05) is 6.07 Å². The van der Waals surface area contributed by atoms with Gasteiger partial charge in [0, 0.05) is 11.9 Å². The van der Waals surface area contributed by atoms with E-state index in [0.717, 1.165) is 26.3 Å². The molecule has 1 aromatic carbocycles. The van der Waals surface area contributed by atoms with E-state index in [9.17, 15) is 0 Å². The summed E-state index contributed by atoms with van der Waals surface area (Å²) in [5.74, 6) is 1.42. The number of aromatic nitrogens is 6. The van der Waals surface area contributed by atoms with Crippen LogP contribution >= 0.6 is 11.3 Å². The van der Waals surface area contributed by atoms with Gasteiger partial charge in [0.2, 0.25) is 0 Å². The highest BCUT2D eigenvalue weighted by Crippen LogP contribution is 2.28. The first-order valence-corrected chi connectivity index (χ1v) is 8.84. The lowest BCUT2D eigenvalue weighted by atomic mass is 10.3. The van der Waals surface area contributed by atoms with Gasteiger partial charge in [0.25, 0.3) is 0 Å². The van der Waals surface area contributed by atoms with Crippen LogP contribution in [-0.2, 0) is 0 Å². The maximum Gasteiger partial charge on any atom is 0.170 e. The van der Waals surface area contributed by atoms with Gasteiger partial charge in [0.1, 0.15) is 12.1 Å². The van der Waals surface area contributed by atoms with Gasteiger partial charge < -0.3 is 5.32 Å². The monoisotopic (exact) mass is 359 g/mol. The molecular formula is C18H13N7S. The molecule has 5 aromatic rings. The van der Waals surface area contributed by atoms with E-state index < -0.39 is 0 Å². The van der Waals surface area contributed by atoms with Gasteiger partial charge in [0.05, 0.1) is 26.8 Å². The van der Waals surface area contributed by atoms with E-state index >= 15 is 0 Å². The van der Waals surface area contributed by atoms with Crippen LogP contribution < -0.4 is 5.32 Å². The highest BCUT2D eigenvalue weighted by molar-refractivity contribution is 7.18. The number of hydrogen-bond acceptors (Lipinski definition) is 7. The highest BCUT2D eigenvalue weighted by atomic mass is 32.1. The van der Waals surface area contributed by atoms with Gasteiger partial charge in [0.15, 0.2) is 11.5 Å². The molecule has 4 heterocycles. The van der Waals surface area contributed by atoms with Crippen molar-refractivity contribution in [1.82, 2.24) is 29.7 Å². The van der Waals surface area contributed by atoms with Gasteiger partial charge in [-0.05, 0) is 37.3 Å². The van der Waals surface area contributed by atoms with Gasteiger partial charge in [-0.15, -0.1) is 11.3 Å². The summed E-state index contributed by atoms with van der Waals surface area (Å²) in [7, 11) is 0. The van der Waals surface area contributed by atoms with Crippen molar-refractivity contribution in [3.8, 4) is 5.82 Å². The predicted molar refractivity (Wildman–Crippen MR) is 102 cm³/mol.